The summed E-state index contributed by atoms with van der Waals surface area (Å²) in [4.78, 5) is 14.1. The first-order valence-electron chi connectivity index (χ1n) is 8.12. The molecule has 1 rings (SSSR count). The summed E-state index contributed by atoms with van der Waals surface area (Å²) in [5.74, 6) is 0.512. The largest absolute Gasteiger partial charge is 0.444 e. The molecule has 1 saturated heterocycles. The number of nitrogens with zero attached hydrogens (tertiary/aromatic N) is 1. The van der Waals surface area contributed by atoms with E-state index in [1.54, 1.807) is 0 Å². The highest BCUT2D eigenvalue weighted by Crippen LogP contribution is 2.23. The molecule has 2 N–H and O–H groups in total. The predicted molar refractivity (Wildman–Crippen MR) is 84.3 cm³/mol. The molecule has 0 radical (unpaired) electrons. The minimum absolute atomic E-state index is 0.271. The Morgan fingerprint density at radius 3 is 2.71 bits per heavy atom. The van der Waals surface area contributed by atoms with Gasteiger partial charge in [0.25, 0.3) is 0 Å². The quantitative estimate of drug-likeness (QED) is 0.818. The number of hydrogen-bond acceptors (Lipinski definition) is 4. The molecule has 0 spiro atoms. The molecule has 5 nitrogen and oxygen atoms in total. The number of carbonyl (C=O) groups excluding carboxylic acids is 1. The van der Waals surface area contributed by atoms with Crippen molar-refractivity contribution < 1.29 is 14.6 Å². The summed E-state index contributed by atoms with van der Waals surface area (Å²) in [6.07, 6.45) is 2.42. The maximum absolute atomic E-state index is 11.8. The molecular formula is C16H32N2O3. The Hall–Kier alpha value is -0.810. The second kappa shape index (κ2) is 7.99. The third kappa shape index (κ3) is 6.66. The van der Waals surface area contributed by atoms with Gasteiger partial charge in [0.15, 0.2) is 0 Å². The van der Waals surface area contributed by atoms with Crippen LogP contribution >= 0.6 is 0 Å². The molecule has 1 fully saturated rings. The maximum atomic E-state index is 11.8. The van der Waals surface area contributed by atoms with Gasteiger partial charge < -0.3 is 15.2 Å². The van der Waals surface area contributed by atoms with Crippen molar-refractivity contribution >= 4 is 6.09 Å². The summed E-state index contributed by atoms with van der Waals surface area (Å²) in [7, 11) is 0. The minimum atomic E-state index is -0.472. The van der Waals surface area contributed by atoms with Gasteiger partial charge in [0.1, 0.15) is 5.60 Å². The molecule has 3 atom stereocenters. The van der Waals surface area contributed by atoms with Gasteiger partial charge in [0.2, 0.25) is 0 Å². The third-order valence-electron chi connectivity index (χ3n) is 4.00. The topological polar surface area (TPSA) is 61.8 Å². The molecule has 1 amide bonds. The molecule has 1 aliphatic heterocycles. The smallest absolute Gasteiger partial charge is 0.407 e. The normalized spacial score (nSPS) is 25.4. The van der Waals surface area contributed by atoms with Crippen molar-refractivity contribution in [3.8, 4) is 0 Å². The van der Waals surface area contributed by atoms with Crippen LogP contribution in [-0.2, 0) is 4.74 Å². The van der Waals surface area contributed by atoms with Crippen LogP contribution in [0.4, 0.5) is 4.79 Å². The van der Waals surface area contributed by atoms with Gasteiger partial charge in [-0.3, -0.25) is 4.90 Å². The van der Waals surface area contributed by atoms with Crippen LogP contribution < -0.4 is 5.32 Å². The van der Waals surface area contributed by atoms with Crippen LogP contribution in [0.1, 0.15) is 53.9 Å². The summed E-state index contributed by atoms with van der Waals surface area (Å²) in [6, 6.07) is 0.271. The zero-order valence-corrected chi connectivity index (χ0v) is 14.2. The summed E-state index contributed by atoms with van der Waals surface area (Å²) < 4.78 is 5.28. The first-order valence-corrected chi connectivity index (χ1v) is 8.12. The fourth-order valence-electron chi connectivity index (χ4n) is 2.79. The number of alkyl carbamates (subject to hydrolysis) is 1. The van der Waals surface area contributed by atoms with E-state index in [0.717, 1.165) is 19.4 Å². The van der Waals surface area contributed by atoms with Crippen molar-refractivity contribution in [1.29, 1.82) is 0 Å². The van der Waals surface area contributed by atoms with E-state index >= 15 is 0 Å². The second-order valence-electron chi connectivity index (χ2n) is 7.13. The number of nitrogens with one attached hydrogen (secondary N) is 1. The van der Waals surface area contributed by atoms with Crippen molar-refractivity contribution in [3.63, 3.8) is 0 Å². The van der Waals surface area contributed by atoms with Crippen molar-refractivity contribution in [2.75, 3.05) is 19.6 Å². The second-order valence-corrected chi connectivity index (χ2v) is 7.13. The molecule has 1 heterocycles. The summed E-state index contributed by atoms with van der Waals surface area (Å²) in [6.45, 7) is 12.0. The first-order chi connectivity index (χ1) is 9.73. The van der Waals surface area contributed by atoms with Crippen molar-refractivity contribution in [1.82, 2.24) is 10.2 Å². The zero-order chi connectivity index (χ0) is 16.0. The monoisotopic (exact) mass is 300 g/mol. The number of carbonyl (C=O) groups is 1. The van der Waals surface area contributed by atoms with E-state index < -0.39 is 5.60 Å². The van der Waals surface area contributed by atoms with E-state index in [1.807, 2.05) is 27.7 Å². The first kappa shape index (κ1) is 18.2. The van der Waals surface area contributed by atoms with E-state index in [4.69, 9.17) is 4.74 Å². The fraction of sp³-hybridized carbons (Fsp3) is 0.938. The van der Waals surface area contributed by atoms with E-state index in [-0.39, 0.29) is 18.2 Å². The number of amides is 1. The van der Waals surface area contributed by atoms with E-state index in [2.05, 4.69) is 17.1 Å². The maximum Gasteiger partial charge on any atom is 0.407 e. The number of rotatable bonds is 5. The molecular weight excluding hydrogens is 268 g/mol. The summed E-state index contributed by atoms with van der Waals surface area (Å²) in [5.41, 5.74) is -0.472. The Labute approximate surface area is 129 Å². The van der Waals surface area contributed by atoms with Gasteiger partial charge in [-0.2, -0.15) is 0 Å². The number of hydrogen-bond donors (Lipinski definition) is 2. The van der Waals surface area contributed by atoms with Gasteiger partial charge in [-0.25, -0.2) is 4.79 Å². The summed E-state index contributed by atoms with van der Waals surface area (Å²) in [5, 5.41) is 12.8. The highest BCUT2D eigenvalue weighted by molar-refractivity contribution is 5.67. The Bertz CT molecular complexity index is 328. The van der Waals surface area contributed by atoms with Crippen molar-refractivity contribution in [2.24, 2.45) is 5.92 Å². The van der Waals surface area contributed by atoms with E-state index in [9.17, 15) is 9.90 Å². The molecule has 0 aromatic heterocycles. The highest BCUT2D eigenvalue weighted by atomic mass is 16.6. The molecule has 0 saturated carbocycles. The van der Waals surface area contributed by atoms with Gasteiger partial charge in [-0.05, 0) is 52.5 Å². The highest BCUT2D eigenvalue weighted by Gasteiger charge is 2.30. The lowest BCUT2D eigenvalue weighted by atomic mass is 9.90. The molecule has 0 bridgehead atoms. The standard InChI is InChI=1S/C16H32N2O3/c1-6-13(19)11-18-9-7-8-12(2)14(18)10-17-15(20)21-16(3,4)5/h12-14,19H,6-11H2,1-5H3,(H,17,20)/t12?,13-,14?/m1/s1. The molecule has 0 aliphatic carbocycles. The molecule has 0 aromatic rings. The van der Waals surface area contributed by atoms with Crippen LogP contribution in [0.15, 0.2) is 0 Å². The van der Waals surface area contributed by atoms with Gasteiger partial charge in [-0.1, -0.05) is 13.8 Å². The van der Waals surface area contributed by atoms with Crippen LogP contribution in [0, 0.1) is 5.92 Å². The van der Waals surface area contributed by atoms with Crippen LogP contribution in [-0.4, -0.2) is 53.5 Å². The third-order valence-corrected chi connectivity index (χ3v) is 4.00. The van der Waals surface area contributed by atoms with E-state index in [0.29, 0.717) is 19.0 Å². The average Bonchev–Trinajstić information content (AvgIpc) is 2.35. The lowest BCUT2D eigenvalue weighted by Gasteiger charge is -2.41. The minimum Gasteiger partial charge on any atom is -0.444 e. The molecule has 124 valence electrons. The Morgan fingerprint density at radius 2 is 2.14 bits per heavy atom. The van der Waals surface area contributed by atoms with Crippen LogP contribution in [0.5, 0.6) is 0 Å². The van der Waals surface area contributed by atoms with E-state index in [1.165, 1.54) is 6.42 Å². The summed E-state index contributed by atoms with van der Waals surface area (Å²) >= 11 is 0. The molecule has 2 unspecified atom stereocenters. The zero-order valence-electron chi connectivity index (χ0n) is 14.2. The molecule has 21 heavy (non-hydrogen) atoms. The van der Waals surface area contributed by atoms with Crippen molar-refractivity contribution in [3.05, 3.63) is 0 Å². The number of aliphatic hydroxyl groups excluding tert-OH is 1. The lowest BCUT2D eigenvalue weighted by molar-refractivity contribution is 0.0331. The Balaban J connectivity index is 2.52. The number of likely N-dealkylation sites (tertiary alicyclic amines) is 1. The van der Waals surface area contributed by atoms with Crippen LogP contribution in [0.3, 0.4) is 0 Å². The average molecular weight is 300 g/mol. The van der Waals surface area contributed by atoms with Crippen LogP contribution in [0.2, 0.25) is 0 Å². The number of β-amino-alcohol motifs (C(OH)–C–C–N with tert-alkyl or cyclic N) is 1. The number of ether oxygens (including phenoxy) is 1. The fourth-order valence-corrected chi connectivity index (χ4v) is 2.79. The Kier molecular flexibility index (Phi) is 6.94. The Morgan fingerprint density at radius 1 is 1.48 bits per heavy atom. The number of piperidine rings is 1. The van der Waals surface area contributed by atoms with Gasteiger partial charge in [0.05, 0.1) is 6.10 Å². The van der Waals surface area contributed by atoms with Gasteiger partial charge in [0, 0.05) is 19.1 Å². The lowest BCUT2D eigenvalue weighted by Crippen LogP contribution is -2.53. The SMILES string of the molecule is CC[C@@H](O)CN1CCCC(C)C1CNC(=O)OC(C)(C)C. The van der Waals surface area contributed by atoms with Gasteiger partial charge >= 0.3 is 6.09 Å². The van der Waals surface area contributed by atoms with Crippen LogP contribution in [0.25, 0.3) is 0 Å². The van der Waals surface area contributed by atoms with Gasteiger partial charge in [-0.15, -0.1) is 0 Å². The molecule has 5 heteroatoms. The molecule has 1 aliphatic rings. The number of aliphatic hydroxyl groups is 1. The van der Waals surface area contributed by atoms with Crippen molar-refractivity contribution in [2.45, 2.75) is 71.6 Å². The predicted octanol–water partition coefficient (Wildman–Crippen LogP) is 2.38. The molecule has 0 aromatic carbocycles.